The zero-order valence-electron chi connectivity index (χ0n) is 19.0. The van der Waals surface area contributed by atoms with Gasteiger partial charge in [-0.1, -0.05) is 54.6 Å². The van der Waals surface area contributed by atoms with Crippen molar-refractivity contribution < 1.29 is 4.79 Å². The fourth-order valence-corrected chi connectivity index (χ4v) is 4.06. The molecule has 168 valence electrons. The Morgan fingerprint density at radius 2 is 1.76 bits per heavy atom. The summed E-state index contributed by atoms with van der Waals surface area (Å²) < 4.78 is 4.53. The summed E-state index contributed by atoms with van der Waals surface area (Å²) in [6, 6.07) is 26.0. The molecule has 7 heteroatoms. The predicted molar refractivity (Wildman–Crippen MR) is 134 cm³/mol. The molecule has 1 amide bonds. The number of carbonyl (C=O) groups is 1. The van der Waals surface area contributed by atoms with E-state index >= 15 is 0 Å². The molecule has 0 saturated carbocycles. The van der Waals surface area contributed by atoms with Crippen molar-refractivity contribution in [3.63, 3.8) is 0 Å². The van der Waals surface area contributed by atoms with E-state index in [4.69, 9.17) is 17.3 Å². The molecule has 0 spiro atoms. The van der Waals surface area contributed by atoms with Crippen molar-refractivity contribution in [3.05, 3.63) is 100 Å². The molecule has 4 rings (SSSR count). The van der Waals surface area contributed by atoms with Gasteiger partial charge in [-0.3, -0.25) is 14.3 Å². The molecule has 0 saturated heterocycles. The van der Waals surface area contributed by atoms with E-state index in [1.165, 1.54) is 5.56 Å². The molecule has 33 heavy (non-hydrogen) atoms. The Morgan fingerprint density at radius 1 is 1.03 bits per heavy atom. The second-order valence-corrected chi connectivity index (χ2v) is 8.44. The number of nitrogens with zero attached hydrogens (tertiary/aromatic N) is 4. The molecule has 0 aliphatic carbocycles. The van der Waals surface area contributed by atoms with Gasteiger partial charge in [0.05, 0.1) is 12.4 Å². The van der Waals surface area contributed by atoms with Gasteiger partial charge in [0.15, 0.2) is 5.82 Å². The van der Waals surface area contributed by atoms with Gasteiger partial charge >= 0.3 is 0 Å². The van der Waals surface area contributed by atoms with Crippen LogP contribution in [0.4, 0.5) is 0 Å². The monoisotopic (exact) mass is 457 g/mol. The molecule has 1 N–H and O–H groups in total. The van der Waals surface area contributed by atoms with Crippen LogP contribution >= 0.6 is 12.2 Å². The molecule has 0 bridgehead atoms. The van der Waals surface area contributed by atoms with Gasteiger partial charge in [-0.05, 0) is 61.6 Å². The highest BCUT2D eigenvalue weighted by atomic mass is 32.1. The minimum Gasteiger partial charge on any atom is -0.355 e. The first-order valence-corrected chi connectivity index (χ1v) is 11.2. The lowest BCUT2D eigenvalue weighted by Gasteiger charge is -2.16. The largest absolute Gasteiger partial charge is 0.355 e. The van der Waals surface area contributed by atoms with E-state index in [2.05, 4.69) is 35.3 Å². The van der Waals surface area contributed by atoms with Crippen molar-refractivity contribution in [2.75, 3.05) is 14.1 Å². The van der Waals surface area contributed by atoms with Crippen LogP contribution in [-0.2, 0) is 13.2 Å². The number of rotatable bonds is 7. The third-order valence-corrected chi connectivity index (χ3v) is 5.80. The van der Waals surface area contributed by atoms with E-state index in [0.717, 1.165) is 22.6 Å². The van der Waals surface area contributed by atoms with E-state index in [9.17, 15) is 4.79 Å². The Bertz CT molecular complexity index is 1310. The second kappa shape index (κ2) is 9.94. The first-order chi connectivity index (χ1) is 16.0. The van der Waals surface area contributed by atoms with Gasteiger partial charge in [0, 0.05) is 24.7 Å². The Labute approximate surface area is 199 Å². The lowest BCUT2D eigenvalue weighted by molar-refractivity contribution is 0.0963. The van der Waals surface area contributed by atoms with Crippen LogP contribution in [0, 0.1) is 11.7 Å². The average molecular weight is 458 g/mol. The molecule has 6 nitrogen and oxygen atoms in total. The molecule has 0 radical (unpaired) electrons. The summed E-state index contributed by atoms with van der Waals surface area (Å²) in [7, 11) is 3.66. The Hall–Kier alpha value is -3.55. The van der Waals surface area contributed by atoms with Crippen molar-refractivity contribution in [2.24, 2.45) is 0 Å². The minimum atomic E-state index is -0.0867. The van der Waals surface area contributed by atoms with Crippen LogP contribution in [0.1, 0.15) is 21.5 Å². The maximum Gasteiger partial charge on any atom is 0.251 e. The lowest BCUT2D eigenvalue weighted by atomic mass is 10.1. The first-order valence-electron chi connectivity index (χ1n) is 10.8. The van der Waals surface area contributed by atoms with Gasteiger partial charge in [0.2, 0.25) is 4.77 Å². The number of carbonyl (C=O) groups excluding carboxylic acids is 1. The third-order valence-electron chi connectivity index (χ3n) is 5.40. The normalized spacial score (nSPS) is 11.0. The fraction of sp³-hybridized carbons (Fsp3) is 0.192. The highest BCUT2D eigenvalue weighted by Crippen LogP contribution is 2.23. The summed E-state index contributed by atoms with van der Waals surface area (Å²) in [5, 5.41) is 7.54. The maximum absolute atomic E-state index is 11.8. The van der Waals surface area contributed by atoms with Crippen LogP contribution < -0.4 is 5.32 Å². The van der Waals surface area contributed by atoms with E-state index in [1.807, 2.05) is 77.0 Å². The van der Waals surface area contributed by atoms with Crippen molar-refractivity contribution >= 4 is 18.1 Å². The highest BCUT2D eigenvalue weighted by molar-refractivity contribution is 7.71. The Kier molecular flexibility index (Phi) is 6.82. The third kappa shape index (κ3) is 5.10. The molecule has 0 unspecified atom stereocenters. The van der Waals surface area contributed by atoms with Crippen LogP contribution in [-0.4, -0.2) is 39.3 Å². The van der Waals surface area contributed by atoms with Gasteiger partial charge in [-0.15, -0.1) is 5.10 Å². The number of benzene rings is 3. The SMILES string of the molecule is CNC(=O)c1ccc(CN(C)Cn2nc(-c3ccccc3)n(-c3cccc(C)c3)c2=S)cc1. The molecular weight excluding hydrogens is 430 g/mol. The summed E-state index contributed by atoms with van der Waals surface area (Å²) in [5.41, 5.74) is 4.93. The van der Waals surface area contributed by atoms with E-state index in [0.29, 0.717) is 23.5 Å². The van der Waals surface area contributed by atoms with E-state index in [-0.39, 0.29) is 5.91 Å². The number of amides is 1. The standard InChI is InChI=1S/C26H27N5OS/c1-19-8-7-11-23(16-19)31-24(21-9-5-4-6-10-21)28-30(26(31)33)18-29(3)17-20-12-14-22(15-13-20)25(32)27-2/h4-16H,17-18H2,1-3H3,(H,27,32). The molecule has 3 aromatic carbocycles. The summed E-state index contributed by atoms with van der Waals surface area (Å²) >= 11 is 5.87. The van der Waals surface area contributed by atoms with Crippen LogP contribution in [0.5, 0.6) is 0 Å². The predicted octanol–water partition coefficient (Wildman–Crippen LogP) is 4.83. The maximum atomic E-state index is 11.8. The van der Waals surface area contributed by atoms with Gasteiger partial charge in [-0.25, -0.2) is 4.68 Å². The molecule has 0 fully saturated rings. The first kappa shape index (κ1) is 22.6. The smallest absolute Gasteiger partial charge is 0.251 e. The highest BCUT2D eigenvalue weighted by Gasteiger charge is 2.16. The summed E-state index contributed by atoms with van der Waals surface area (Å²) in [4.78, 5) is 13.9. The molecular formula is C26H27N5OS. The van der Waals surface area contributed by atoms with Gasteiger partial charge in [0.1, 0.15) is 0 Å². The van der Waals surface area contributed by atoms with Crippen molar-refractivity contribution in [1.29, 1.82) is 0 Å². The van der Waals surface area contributed by atoms with Gasteiger partial charge < -0.3 is 5.32 Å². The van der Waals surface area contributed by atoms with Crippen LogP contribution in [0.15, 0.2) is 78.9 Å². The number of nitrogens with one attached hydrogen (secondary N) is 1. The van der Waals surface area contributed by atoms with E-state index in [1.54, 1.807) is 7.05 Å². The molecule has 0 atom stereocenters. The van der Waals surface area contributed by atoms with Crippen LogP contribution in [0.2, 0.25) is 0 Å². The number of hydrogen-bond donors (Lipinski definition) is 1. The zero-order valence-corrected chi connectivity index (χ0v) is 19.8. The summed E-state index contributed by atoms with van der Waals surface area (Å²) in [6.07, 6.45) is 0. The quantitative estimate of drug-likeness (QED) is 0.404. The lowest BCUT2D eigenvalue weighted by Crippen LogP contribution is -2.23. The summed E-state index contributed by atoms with van der Waals surface area (Å²) in [6.45, 7) is 3.31. The second-order valence-electron chi connectivity index (χ2n) is 8.08. The van der Waals surface area contributed by atoms with Gasteiger partial charge in [-0.2, -0.15) is 0 Å². The molecule has 4 aromatic rings. The zero-order chi connectivity index (χ0) is 23.4. The average Bonchev–Trinajstić information content (AvgIpc) is 3.15. The molecule has 0 aliphatic heterocycles. The molecule has 1 aromatic heterocycles. The fourth-order valence-electron chi connectivity index (χ4n) is 3.77. The molecule has 0 aliphatic rings. The Morgan fingerprint density at radius 3 is 2.42 bits per heavy atom. The van der Waals surface area contributed by atoms with Crippen LogP contribution in [0.3, 0.4) is 0 Å². The number of hydrogen-bond acceptors (Lipinski definition) is 4. The number of aromatic nitrogens is 3. The van der Waals surface area contributed by atoms with Crippen molar-refractivity contribution in [3.8, 4) is 17.1 Å². The summed E-state index contributed by atoms with van der Waals surface area (Å²) in [5.74, 6) is 0.728. The van der Waals surface area contributed by atoms with E-state index < -0.39 is 0 Å². The topological polar surface area (TPSA) is 55.1 Å². The molecule has 1 heterocycles. The van der Waals surface area contributed by atoms with Crippen LogP contribution in [0.25, 0.3) is 17.1 Å². The van der Waals surface area contributed by atoms with Gasteiger partial charge in [0.25, 0.3) is 5.91 Å². The van der Waals surface area contributed by atoms with Crippen molar-refractivity contribution in [2.45, 2.75) is 20.1 Å². The minimum absolute atomic E-state index is 0.0867. The number of aryl methyl sites for hydroxylation is 1. The van der Waals surface area contributed by atoms with Crippen molar-refractivity contribution in [1.82, 2.24) is 24.6 Å². The Balaban J connectivity index is 1.63.